The maximum atomic E-state index is 12.6. The minimum Gasteiger partial charge on any atom is -0.272 e. The lowest BCUT2D eigenvalue weighted by Gasteiger charge is -2.10. The monoisotopic (exact) mass is 492 g/mol. The standard InChI is InChI=1S/C28H24N6OS/c1-19-7-11-25(12-8-19)34-27(22-13-15-29-16-14-22)32-33-28(34)36-18-26(35)31-30-20(2)23-10-9-21-5-3-4-6-24(21)17-23/h3-17H,18H2,1-2H3,(H,31,35). The first kappa shape index (κ1) is 23.4. The fourth-order valence-electron chi connectivity index (χ4n) is 3.77. The summed E-state index contributed by atoms with van der Waals surface area (Å²) in [4.78, 5) is 16.7. The number of pyridine rings is 1. The topological polar surface area (TPSA) is 85.1 Å². The summed E-state index contributed by atoms with van der Waals surface area (Å²) >= 11 is 1.31. The average molecular weight is 493 g/mol. The second kappa shape index (κ2) is 10.5. The predicted molar refractivity (Wildman–Crippen MR) is 144 cm³/mol. The second-order valence-corrected chi connectivity index (χ2v) is 9.24. The molecule has 2 heterocycles. The summed E-state index contributed by atoms with van der Waals surface area (Å²) in [5.74, 6) is 0.618. The van der Waals surface area contributed by atoms with E-state index in [1.54, 1.807) is 12.4 Å². The molecule has 0 atom stereocenters. The molecule has 8 heteroatoms. The van der Waals surface area contributed by atoms with Gasteiger partial charge in [0.25, 0.3) is 5.91 Å². The minimum absolute atomic E-state index is 0.148. The Balaban J connectivity index is 1.32. The van der Waals surface area contributed by atoms with Crippen LogP contribution >= 0.6 is 11.8 Å². The molecule has 0 bridgehead atoms. The molecule has 5 aromatic rings. The third-order valence-corrected chi connectivity index (χ3v) is 6.64. The largest absolute Gasteiger partial charge is 0.272 e. The molecule has 0 aliphatic rings. The molecule has 7 nitrogen and oxygen atoms in total. The van der Waals surface area contributed by atoms with Crippen LogP contribution in [0.15, 0.2) is 102 Å². The molecule has 0 aliphatic carbocycles. The molecular weight excluding hydrogens is 468 g/mol. The molecule has 0 saturated heterocycles. The van der Waals surface area contributed by atoms with Crippen LogP contribution in [0.5, 0.6) is 0 Å². The van der Waals surface area contributed by atoms with E-state index in [0.29, 0.717) is 11.0 Å². The van der Waals surface area contributed by atoms with E-state index in [4.69, 9.17) is 0 Å². The van der Waals surface area contributed by atoms with Crippen molar-refractivity contribution in [2.24, 2.45) is 5.10 Å². The van der Waals surface area contributed by atoms with Gasteiger partial charge in [0, 0.05) is 23.6 Å². The normalized spacial score (nSPS) is 11.6. The molecule has 0 fully saturated rings. The summed E-state index contributed by atoms with van der Waals surface area (Å²) in [6.07, 6.45) is 3.44. The van der Waals surface area contributed by atoms with Crippen LogP contribution in [-0.2, 0) is 4.79 Å². The van der Waals surface area contributed by atoms with Gasteiger partial charge in [0.05, 0.1) is 11.5 Å². The van der Waals surface area contributed by atoms with Gasteiger partial charge in [-0.05, 0) is 60.5 Å². The fraction of sp³-hybridized carbons (Fsp3) is 0.107. The van der Waals surface area contributed by atoms with Crippen molar-refractivity contribution in [3.05, 3.63) is 102 Å². The lowest BCUT2D eigenvalue weighted by atomic mass is 10.0. The van der Waals surface area contributed by atoms with Crippen LogP contribution in [0.3, 0.4) is 0 Å². The number of aromatic nitrogens is 4. The Hall–Kier alpha value is -4.30. The van der Waals surface area contributed by atoms with Crippen LogP contribution < -0.4 is 5.43 Å². The van der Waals surface area contributed by atoms with Gasteiger partial charge < -0.3 is 0 Å². The Bertz CT molecular complexity index is 1540. The number of hydrogen-bond acceptors (Lipinski definition) is 6. The van der Waals surface area contributed by atoms with E-state index in [-0.39, 0.29) is 11.7 Å². The van der Waals surface area contributed by atoms with E-state index in [2.05, 4.69) is 50.0 Å². The molecular formula is C28H24N6OS. The number of carbonyl (C=O) groups is 1. The van der Waals surface area contributed by atoms with Gasteiger partial charge in [0.1, 0.15) is 0 Å². The maximum absolute atomic E-state index is 12.6. The van der Waals surface area contributed by atoms with Crippen LogP contribution in [0, 0.1) is 6.92 Å². The quantitative estimate of drug-likeness (QED) is 0.186. The number of hydrazone groups is 1. The summed E-state index contributed by atoms with van der Waals surface area (Å²) < 4.78 is 1.95. The zero-order chi connectivity index (χ0) is 24.9. The van der Waals surface area contributed by atoms with Crippen LogP contribution in [0.4, 0.5) is 0 Å². The first-order valence-electron chi connectivity index (χ1n) is 11.5. The fourth-order valence-corrected chi connectivity index (χ4v) is 4.51. The highest BCUT2D eigenvalue weighted by Gasteiger charge is 2.17. The van der Waals surface area contributed by atoms with Crippen molar-refractivity contribution in [1.82, 2.24) is 25.2 Å². The summed E-state index contributed by atoms with van der Waals surface area (Å²) in [6.45, 7) is 3.92. The Labute approximate surface area is 213 Å². The molecule has 0 unspecified atom stereocenters. The van der Waals surface area contributed by atoms with E-state index < -0.39 is 0 Å². The van der Waals surface area contributed by atoms with Gasteiger partial charge in [-0.1, -0.05) is 65.9 Å². The Morgan fingerprint density at radius 3 is 2.47 bits per heavy atom. The zero-order valence-corrected chi connectivity index (χ0v) is 20.7. The van der Waals surface area contributed by atoms with E-state index in [9.17, 15) is 4.79 Å². The number of aryl methyl sites for hydroxylation is 1. The molecule has 0 saturated carbocycles. The SMILES string of the molecule is CC(=NNC(=O)CSc1nnc(-c2ccncc2)n1-c1ccc(C)cc1)c1ccc2ccccc2c1. The van der Waals surface area contributed by atoms with Gasteiger partial charge in [-0.3, -0.25) is 14.3 Å². The molecule has 178 valence electrons. The van der Waals surface area contributed by atoms with Crippen molar-refractivity contribution in [2.75, 3.05) is 5.75 Å². The zero-order valence-electron chi connectivity index (χ0n) is 19.9. The Morgan fingerprint density at radius 1 is 0.944 bits per heavy atom. The summed E-state index contributed by atoms with van der Waals surface area (Å²) in [5, 5.41) is 16.0. The van der Waals surface area contributed by atoms with Gasteiger partial charge in [-0.2, -0.15) is 5.10 Å². The smallest absolute Gasteiger partial charge is 0.250 e. The van der Waals surface area contributed by atoms with Gasteiger partial charge in [-0.25, -0.2) is 5.43 Å². The molecule has 1 amide bonds. The first-order chi connectivity index (χ1) is 17.6. The molecule has 0 spiro atoms. The maximum Gasteiger partial charge on any atom is 0.250 e. The lowest BCUT2D eigenvalue weighted by Crippen LogP contribution is -2.21. The number of nitrogens with one attached hydrogen (secondary N) is 1. The van der Waals surface area contributed by atoms with Crippen molar-refractivity contribution < 1.29 is 4.79 Å². The number of fused-ring (bicyclic) bond motifs is 1. The van der Waals surface area contributed by atoms with Crippen molar-refractivity contribution >= 4 is 34.2 Å². The Kier molecular flexibility index (Phi) is 6.86. The molecule has 3 aromatic carbocycles. The second-order valence-electron chi connectivity index (χ2n) is 8.30. The average Bonchev–Trinajstić information content (AvgIpc) is 3.35. The number of rotatable bonds is 7. The number of carbonyl (C=O) groups excluding carboxylic acids is 1. The van der Waals surface area contributed by atoms with E-state index in [1.165, 1.54) is 17.1 Å². The number of hydrogen-bond donors (Lipinski definition) is 1. The molecule has 1 N–H and O–H groups in total. The van der Waals surface area contributed by atoms with Crippen molar-refractivity contribution in [2.45, 2.75) is 19.0 Å². The van der Waals surface area contributed by atoms with Crippen LogP contribution in [-0.4, -0.2) is 37.1 Å². The van der Waals surface area contributed by atoms with Crippen molar-refractivity contribution in [3.63, 3.8) is 0 Å². The number of nitrogens with zero attached hydrogens (tertiary/aromatic N) is 5. The van der Waals surface area contributed by atoms with Crippen LogP contribution in [0.1, 0.15) is 18.1 Å². The molecule has 0 aliphatic heterocycles. The number of benzene rings is 3. The highest BCUT2D eigenvalue weighted by molar-refractivity contribution is 7.99. The molecule has 36 heavy (non-hydrogen) atoms. The van der Waals surface area contributed by atoms with Crippen molar-refractivity contribution in [1.29, 1.82) is 0 Å². The third-order valence-electron chi connectivity index (χ3n) is 5.71. The van der Waals surface area contributed by atoms with Crippen LogP contribution in [0.25, 0.3) is 27.8 Å². The van der Waals surface area contributed by atoms with E-state index in [1.807, 2.05) is 73.0 Å². The highest BCUT2D eigenvalue weighted by atomic mass is 32.2. The Morgan fingerprint density at radius 2 is 1.69 bits per heavy atom. The van der Waals surface area contributed by atoms with Crippen LogP contribution in [0.2, 0.25) is 0 Å². The van der Waals surface area contributed by atoms with Gasteiger partial charge in [-0.15, -0.1) is 10.2 Å². The molecule has 2 aromatic heterocycles. The highest BCUT2D eigenvalue weighted by Crippen LogP contribution is 2.28. The van der Waals surface area contributed by atoms with Gasteiger partial charge >= 0.3 is 0 Å². The molecule has 5 rings (SSSR count). The lowest BCUT2D eigenvalue weighted by molar-refractivity contribution is -0.118. The number of amides is 1. The molecule has 0 radical (unpaired) electrons. The summed E-state index contributed by atoms with van der Waals surface area (Å²) in [5.41, 5.74) is 7.34. The van der Waals surface area contributed by atoms with Gasteiger partial charge in [0.15, 0.2) is 11.0 Å². The first-order valence-corrected chi connectivity index (χ1v) is 12.4. The summed E-state index contributed by atoms with van der Waals surface area (Å²) in [6, 6.07) is 26.2. The van der Waals surface area contributed by atoms with Gasteiger partial charge in [0.2, 0.25) is 0 Å². The minimum atomic E-state index is -0.218. The number of thioether (sulfide) groups is 1. The van der Waals surface area contributed by atoms with Crippen molar-refractivity contribution in [3.8, 4) is 17.1 Å². The third kappa shape index (κ3) is 5.18. The predicted octanol–water partition coefficient (Wildman–Crippen LogP) is 5.42. The van der Waals surface area contributed by atoms with E-state index >= 15 is 0 Å². The summed E-state index contributed by atoms with van der Waals surface area (Å²) in [7, 11) is 0. The van der Waals surface area contributed by atoms with E-state index in [0.717, 1.165) is 33.5 Å².